The van der Waals surface area contributed by atoms with Crippen molar-refractivity contribution < 1.29 is 9.18 Å². The summed E-state index contributed by atoms with van der Waals surface area (Å²) in [4.78, 5) is 12.5. The van der Waals surface area contributed by atoms with E-state index in [1.165, 1.54) is 17.7 Å². The van der Waals surface area contributed by atoms with Gasteiger partial charge in [-0.1, -0.05) is 30.3 Å². The van der Waals surface area contributed by atoms with Crippen LogP contribution in [0.25, 0.3) is 11.3 Å². The molecule has 2 aromatic carbocycles. The number of amides is 1. The SMILES string of the molecule is O=C(Nc1cccc(F)c1)c1[nH]nc2c1CCc1ccccc1-2. The Balaban J connectivity index is 1.67. The van der Waals surface area contributed by atoms with E-state index in [1.807, 2.05) is 18.2 Å². The lowest BCUT2D eigenvalue weighted by atomic mass is 9.89. The Morgan fingerprint density at radius 2 is 2.00 bits per heavy atom. The molecule has 0 spiro atoms. The molecular weight excluding hydrogens is 293 g/mol. The number of carbonyl (C=O) groups excluding carboxylic acids is 1. The smallest absolute Gasteiger partial charge is 0.273 e. The topological polar surface area (TPSA) is 57.8 Å². The van der Waals surface area contributed by atoms with Gasteiger partial charge in [0.05, 0.1) is 5.69 Å². The zero-order valence-electron chi connectivity index (χ0n) is 12.3. The summed E-state index contributed by atoms with van der Waals surface area (Å²) in [5.74, 6) is -0.688. The highest BCUT2D eigenvalue weighted by molar-refractivity contribution is 6.05. The van der Waals surface area contributed by atoms with Crippen LogP contribution in [0.5, 0.6) is 0 Å². The molecule has 5 heteroatoms. The van der Waals surface area contributed by atoms with Gasteiger partial charge in [0, 0.05) is 16.8 Å². The predicted molar refractivity (Wildman–Crippen MR) is 85.8 cm³/mol. The molecule has 1 aromatic heterocycles. The van der Waals surface area contributed by atoms with E-state index in [0.717, 1.165) is 29.7 Å². The molecule has 0 bridgehead atoms. The number of rotatable bonds is 2. The van der Waals surface area contributed by atoms with Gasteiger partial charge < -0.3 is 5.32 Å². The van der Waals surface area contributed by atoms with Crippen molar-refractivity contribution in [3.63, 3.8) is 0 Å². The summed E-state index contributed by atoms with van der Waals surface area (Å²) in [6.07, 6.45) is 1.64. The fourth-order valence-corrected chi connectivity index (χ4v) is 3.01. The second-order valence-corrected chi connectivity index (χ2v) is 5.55. The number of aromatic amines is 1. The molecule has 1 aliphatic carbocycles. The van der Waals surface area contributed by atoms with Crippen LogP contribution in [0.2, 0.25) is 0 Å². The van der Waals surface area contributed by atoms with Crippen molar-refractivity contribution in [1.82, 2.24) is 10.2 Å². The van der Waals surface area contributed by atoms with Gasteiger partial charge in [0.25, 0.3) is 5.91 Å². The zero-order chi connectivity index (χ0) is 15.8. The maximum Gasteiger partial charge on any atom is 0.273 e. The van der Waals surface area contributed by atoms with E-state index in [4.69, 9.17) is 0 Å². The maximum atomic E-state index is 13.2. The molecule has 0 atom stereocenters. The van der Waals surface area contributed by atoms with Crippen molar-refractivity contribution in [2.24, 2.45) is 0 Å². The molecule has 0 radical (unpaired) electrons. The average Bonchev–Trinajstić information content (AvgIpc) is 2.99. The third-order valence-electron chi connectivity index (χ3n) is 4.09. The van der Waals surface area contributed by atoms with E-state index in [1.54, 1.807) is 12.1 Å². The molecule has 0 saturated carbocycles. The van der Waals surface area contributed by atoms with E-state index < -0.39 is 0 Å². The van der Waals surface area contributed by atoms with Gasteiger partial charge in [-0.3, -0.25) is 9.89 Å². The number of aryl methyl sites for hydroxylation is 1. The first-order chi connectivity index (χ1) is 11.2. The first-order valence-electron chi connectivity index (χ1n) is 7.45. The number of anilines is 1. The van der Waals surface area contributed by atoms with E-state index in [2.05, 4.69) is 21.6 Å². The van der Waals surface area contributed by atoms with E-state index in [9.17, 15) is 9.18 Å². The van der Waals surface area contributed by atoms with Crippen molar-refractivity contribution in [3.8, 4) is 11.3 Å². The van der Waals surface area contributed by atoms with Gasteiger partial charge in [-0.25, -0.2) is 4.39 Å². The molecule has 3 aromatic rings. The van der Waals surface area contributed by atoms with Crippen molar-refractivity contribution in [2.75, 3.05) is 5.32 Å². The number of hydrogen-bond donors (Lipinski definition) is 2. The number of halogens is 1. The highest BCUT2D eigenvalue weighted by Crippen LogP contribution is 2.33. The Morgan fingerprint density at radius 1 is 1.13 bits per heavy atom. The lowest BCUT2D eigenvalue weighted by molar-refractivity contribution is 0.102. The van der Waals surface area contributed by atoms with Crippen LogP contribution in [0.15, 0.2) is 48.5 Å². The fourth-order valence-electron chi connectivity index (χ4n) is 3.01. The summed E-state index contributed by atoms with van der Waals surface area (Å²) in [7, 11) is 0. The lowest BCUT2D eigenvalue weighted by Gasteiger charge is -2.15. The van der Waals surface area contributed by atoms with Gasteiger partial charge in [-0.2, -0.15) is 5.10 Å². The number of nitrogens with zero attached hydrogens (tertiary/aromatic N) is 1. The third kappa shape index (κ3) is 2.40. The Labute approximate surface area is 132 Å². The summed E-state index contributed by atoms with van der Waals surface area (Å²) < 4.78 is 13.2. The Kier molecular flexibility index (Phi) is 3.19. The van der Waals surface area contributed by atoms with Gasteiger partial charge in [0.15, 0.2) is 0 Å². The summed E-state index contributed by atoms with van der Waals surface area (Å²) in [5, 5.41) is 9.86. The molecule has 4 rings (SSSR count). The molecule has 0 unspecified atom stereocenters. The normalized spacial score (nSPS) is 12.4. The van der Waals surface area contributed by atoms with Gasteiger partial charge in [-0.05, 0) is 36.6 Å². The largest absolute Gasteiger partial charge is 0.321 e. The van der Waals surface area contributed by atoms with Gasteiger partial charge >= 0.3 is 0 Å². The van der Waals surface area contributed by atoms with Crippen LogP contribution in [-0.4, -0.2) is 16.1 Å². The molecule has 0 aliphatic heterocycles. The van der Waals surface area contributed by atoms with Crippen LogP contribution in [0.3, 0.4) is 0 Å². The number of benzene rings is 2. The molecule has 23 heavy (non-hydrogen) atoms. The van der Waals surface area contributed by atoms with Crippen molar-refractivity contribution in [1.29, 1.82) is 0 Å². The third-order valence-corrected chi connectivity index (χ3v) is 4.09. The van der Waals surface area contributed by atoms with Crippen molar-refractivity contribution in [2.45, 2.75) is 12.8 Å². The second-order valence-electron chi connectivity index (χ2n) is 5.55. The molecule has 0 fully saturated rings. The number of fused-ring (bicyclic) bond motifs is 3. The second kappa shape index (κ2) is 5.35. The van der Waals surface area contributed by atoms with Crippen LogP contribution in [0.1, 0.15) is 21.6 Å². The molecule has 1 amide bonds. The molecule has 2 N–H and O–H groups in total. The molecular formula is C18H14FN3O. The average molecular weight is 307 g/mol. The van der Waals surface area contributed by atoms with Gasteiger partial charge in [0.1, 0.15) is 11.5 Å². The predicted octanol–water partition coefficient (Wildman–Crippen LogP) is 3.57. The maximum absolute atomic E-state index is 13.2. The van der Waals surface area contributed by atoms with Crippen LogP contribution < -0.4 is 5.32 Å². The molecule has 1 aliphatic rings. The van der Waals surface area contributed by atoms with Crippen LogP contribution in [0, 0.1) is 5.82 Å². The number of H-pyrrole nitrogens is 1. The summed E-state index contributed by atoms with van der Waals surface area (Å²) in [6, 6.07) is 13.9. The van der Waals surface area contributed by atoms with E-state index in [0.29, 0.717) is 11.4 Å². The minimum absolute atomic E-state index is 0.302. The number of hydrogen-bond acceptors (Lipinski definition) is 2. The molecule has 114 valence electrons. The standard InChI is InChI=1S/C18H14FN3O/c19-12-5-3-6-13(10-12)20-18(23)17-15-9-8-11-4-1-2-7-14(11)16(15)21-22-17/h1-7,10H,8-9H2,(H,20,23)(H,21,22). The monoisotopic (exact) mass is 307 g/mol. The first kappa shape index (κ1) is 13.7. The van der Waals surface area contributed by atoms with Crippen molar-refractivity contribution >= 4 is 11.6 Å². The lowest BCUT2D eigenvalue weighted by Crippen LogP contribution is -2.15. The fraction of sp³-hybridized carbons (Fsp3) is 0.111. The Morgan fingerprint density at radius 3 is 2.87 bits per heavy atom. The Hall–Kier alpha value is -2.95. The molecule has 0 saturated heterocycles. The Bertz CT molecular complexity index is 901. The molecule has 1 heterocycles. The minimum atomic E-state index is -0.386. The highest BCUT2D eigenvalue weighted by Gasteiger charge is 2.24. The number of carbonyl (C=O) groups is 1. The summed E-state index contributed by atoms with van der Waals surface area (Å²) >= 11 is 0. The summed E-state index contributed by atoms with van der Waals surface area (Å²) in [6.45, 7) is 0. The summed E-state index contributed by atoms with van der Waals surface area (Å²) in [5.41, 5.74) is 4.92. The van der Waals surface area contributed by atoms with Crippen molar-refractivity contribution in [3.05, 3.63) is 71.2 Å². The van der Waals surface area contributed by atoms with E-state index in [-0.39, 0.29) is 11.7 Å². The van der Waals surface area contributed by atoms with Crippen LogP contribution in [-0.2, 0) is 12.8 Å². The highest BCUT2D eigenvalue weighted by atomic mass is 19.1. The number of nitrogens with one attached hydrogen (secondary N) is 2. The van der Waals surface area contributed by atoms with E-state index >= 15 is 0 Å². The zero-order valence-corrected chi connectivity index (χ0v) is 12.3. The van der Waals surface area contributed by atoms with Gasteiger partial charge in [-0.15, -0.1) is 0 Å². The molecule has 4 nitrogen and oxygen atoms in total. The number of aromatic nitrogens is 2. The van der Waals surface area contributed by atoms with Crippen LogP contribution in [0.4, 0.5) is 10.1 Å². The van der Waals surface area contributed by atoms with Gasteiger partial charge in [0.2, 0.25) is 0 Å². The van der Waals surface area contributed by atoms with Crippen LogP contribution >= 0.6 is 0 Å². The first-order valence-corrected chi connectivity index (χ1v) is 7.45. The minimum Gasteiger partial charge on any atom is -0.321 e. The quantitative estimate of drug-likeness (QED) is 0.760.